The number of benzene rings is 2. The maximum atomic E-state index is 13.6. The Bertz CT molecular complexity index is 1160. The van der Waals surface area contributed by atoms with Crippen molar-refractivity contribution < 1.29 is 22.7 Å². The maximum absolute atomic E-state index is 13.6. The van der Waals surface area contributed by atoms with E-state index in [1.807, 2.05) is 0 Å². The molecule has 0 spiro atoms. The van der Waals surface area contributed by atoms with Gasteiger partial charge in [0.25, 0.3) is 0 Å². The lowest BCUT2D eigenvalue weighted by Gasteiger charge is -2.08. The average Bonchev–Trinajstić information content (AvgIpc) is 3.15. The second kappa shape index (κ2) is 8.67. The highest BCUT2D eigenvalue weighted by atomic mass is 35.5. The highest BCUT2D eigenvalue weighted by Crippen LogP contribution is 2.37. The normalized spacial score (nSPS) is 13.0. The van der Waals surface area contributed by atoms with E-state index >= 15 is 0 Å². The van der Waals surface area contributed by atoms with Crippen molar-refractivity contribution in [2.24, 2.45) is 10.7 Å². The van der Waals surface area contributed by atoms with Crippen molar-refractivity contribution in [2.75, 3.05) is 0 Å². The quantitative estimate of drug-likeness (QED) is 0.313. The molecule has 1 aromatic heterocycles. The van der Waals surface area contributed by atoms with Gasteiger partial charge in [-0.25, -0.2) is 9.38 Å². The van der Waals surface area contributed by atoms with Gasteiger partial charge < -0.3 is 10.8 Å². The molecule has 30 heavy (non-hydrogen) atoms. The molecule has 1 heterocycles. The zero-order chi connectivity index (χ0) is 22.1. The summed E-state index contributed by atoms with van der Waals surface area (Å²) in [7, 11) is 0. The Morgan fingerprint density at radius 1 is 1.07 bits per heavy atom. The highest BCUT2D eigenvalue weighted by Gasteiger charge is 2.32. The van der Waals surface area contributed by atoms with Gasteiger partial charge in [-0.2, -0.15) is 13.2 Å². The third kappa shape index (κ3) is 5.13. The lowest BCUT2D eigenvalue weighted by atomic mass is 10.1. The van der Waals surface area contributed by atoms with Crippen LogP contribution in [0.15, 0.2) is 65.3 Å². The van der Waals surface area contributed by atoms with Crippen molar-refractivity contribution in [1.29, 1.82) is 0 Å². The molecule has 0 bridgehead atoms. The molecule has 0 radical (unpaired) electrons. The molecule has 10 heteroatoms. The first-order valence-corrected chi connectivity index (χ1v) is 9.79. The highest BCUT2D eigenvalue weighted by molar-refractivity contribution is 7.17. The molecule has 0 atom stereocenters. The van der Waals surface area contributed by atoms with E-state index < -0.39 is 17.7 Å². The van der Waals surface area contributed by atoms with Crippen molar-refractivity contribution in [2.45, 2.75) is 6.18 Å². The number of phenols is 1. The van der Waals surface area contributed by atoms with Crippen molar-refractivity contribution in [3.05, 3.63) is 81.0 Å². The topological polar surface area (TPSA) is 58.6 Å². The van der Waals surface area contributed by atoms with Crippen LogP contribution in [0.2, 0.25) is 10.0 Å². The molecule has 3 rings (SSSR count). The number of rotatable bonds is 4. The number of aromatic hydroxyl groups is 1. The van der Waals surface area contributed by atoms with Crippen LogP contribution in [-0.4, -0.2) is 17.0 Å². The number of alkyl halides is 3. The SMILES string of the molecule is N/C(=C\C(=Nc1cc(Cl)ccc1Cl)c1ccc(-c2cc(F)ccc2O)s1)C(F)(F)F. The van der Waals surface area contributed by atoms with Crippen LogP contribution in [-0.2, 0) is 0 Å². The Balaban J connectivity index is 2.14. The monoisotopic (exact) mass is 474 g/mol. The van der Waals surface area contributed by atoms with Gasteiger partial charge in [-0.1, -0.05) is 23.2 Å². The number of nitrogens with zero attached hydrogens (tertiary/aromatic N) is 1. The fourth-order valence-corrected chi connectivity index (χ4v) is 3.73. The molecule has 0 aliphatic rings. The number of aliphatic imine (C=N–C) groups is 1. The second-order valence-corrected chi connectivity index (χ2v) is 7.94. The molecule has 0 unspecified atom stereocenters. The molecule has 0 aliphatic carbocycles. The summed E-state index contributed by atoms with van der Waals surface area (Å²) >= 11 is 13.0. The van der Waals surface area contributed by atoms with Gasteiger partial charge in [0, 0.05) is 15.5 Å². The molecule has 3 aromatic rings. The zero-order valence-corrected chi connectivity index (χ0v) is 17.2. The van der Waals surface area contributed by atoms with Crippen LogP contribution in [0.25, 0.3) is 10.4 Å². The molecule has 3 N–H and O–H groups in total. The van der Waals surface area contributed by atoms with Crippen LogP contribution in [0.1, 0.15) is 4.88 Å². The Morgan fingerprint density at radius 2 is 1.80 bits per heavy atom. The summed E-state index contributed by atoms with van der Waals surface area (Å²) in [6.07, 6.45) is -4.09. The Morgan fingerprint density at radius 3 is 2.50 bits per heavy atom. The Hall–Kier alpha value is -2.55. The van der Waals surface area contributed by atoms with Gasteiger partial charge in [-0.15, -0.1) is 11.3 Å². The van der Waals surface area contributed by atoms with Gasteiger partial charge >= 0.3 is 6.18 Å². The van der Waals surface area contributed by atoms with E-state index in [9.17, 15) is 22.7 Å². The molecule has 0 amide bonds. The lowest BCUT2D eigenvalue weighted by Crippen LogP contribution is -2.20. The van der Waals surface area contributed by atoms with Crippen LogP contribution >= 0.6 is 34.5 Å². The Labute approximate surface area is 182 Å². The summed E-state index contributed by atoms with van der Waals surface area (Å²) in [6, 6.07) is 10.8. The van der Waals surface area contributed by atoms with E-state index in [4.69, 9.17) is 28.9 Å². The minimum atomic E-state index is -4.76. The van der Waals surface area contributed by atoms with E-state index in [1.165, 1.54) is 36.4 Å². The molecular formula is C20H12Cl2F4N2OS. The standard InChI is InChI=1S/C20H12Cl2F4N2OS/c21-10-1-3-13(22)14(7-10)28-15(9-19(27)20(24,25)26)18-6-5-17(30-18)12-8-11(23)2-4-16(12)29/h1-9,29H,27H2/b19-9-,28-15?. The number of phenolic OH excluding ortho intramolecular Hbond substituents is 1. The first-order valence-electron chi connectivity index (χ1n) is 8.22. The largest absolute Gasteiger partial charge is 0.507 e. The van der Waals surface area contributed by atoms with Gasteiger partial charge in [-0.3, -0.25) is 0 Å². The smallest absolute Gasteiger partial charge is 0.430 e. The maximum Gasteiger partial charge on any atom is 0.430 e. The summed E-state index contributed by atoms with van der Waals surface area (Å²) < 4.78 is 52.6. The van der Waals surface area contributed by atoms with Gasteiger partial charge in [0.15, 0.2) is 0 Å². The van der Waals surface area contributed by atoms with Gasteiger partial charge in [-0.05, 0) is 54.6 Å². The molecular weight excluding hydrogens is 463 g/mol. The summed E-state index contributed by atoms with van der Waals surface area (Å²) in [4.78, 5) is 4.92. The minimum Gasteiger partial charge on any atom is -0.507 e. The number of hydrogen-bond acceptors (Lipinski definition) is 4. The molecule has 0 aliphatic heterocycles. The summed E-state index contributed by atoms with van der Waals surface area (Å²) in [5.74, 6) is -0.745. The number of nitrogens with two attached hydrogens (primary N) is 1. The van der Waals surface area contributed by atoms with Crippen molar-refractivity contribution in [3.63, 3.8) is 0 Å². The third-order valence-electron chi connectivity index (χ3n) is 3.85. The van der Waals surface area contributed by atoms with Crippen LogP contribution in [0.5, 0.6) is 5.75 Å². The number of hydrogen-bond donors (Lipinski definition) is 2. The second-order valence-electron chi connectivity index (χ2n) is 6.02. The van der Waals surface area contributed by atoms with E-state index in [0.717, 1.165) is 23.5 Å². The van der Waals surface area contributed by atoms with E-state index in [1.54, 1.807) is 0 Å². The first-order chi connectivity index (χ1) is 14.0. The lowest BCUT2D eigenvalue weighted by molar-refractivity contribution is -0.0925. The van der Waals surface area contributed by atoms with Crippen LogP contribution in [0.4, 0.5) is 23.2 Å². The summed E-state index contributed by atoms with van der Waals surface area (Å²) in [6.45, 7) is 0. The summed E-state index contributed by atoms with van der Waals surface area (Å²) in [5.41, 5.74) is 4.04. The Kier molecular flexibility index (Phi) is 6.40. The van der Waals surface area contributed by atoms with Crippen LogP contribution < -0.4 is 5.73 Å². The van der Waals surface area contributed by atoms with Gasteiger partial charge in [0.2, 0.25) is 0 Å². The van der Waals surface area contributed by atoms with E-state index in [0.29, 0.717) is 16.0 Å². The third-order valence-corrected chi connectivity index (χ3v) is 5.55. The first kappa shape index (κ1) is 22.1. The zero-order valence-electron chi connectivity index (χ0n) is 14.8. The summed E-state index contributed by atoms with van der Waals surface area (Å²) in [5, 5.41) is 10.5. The van der Waals surface area contributed by atoms with E-state index in [-0.39, 0.29) is 32.6 Å². The van der Waals surface area contributed by atoms with E-state index in [2.05, 4.69) is 4.99 Å². The molecule has 156 valence electrons. The van der Waals surface area contributed by atoms with Gasteiger partial charge in [0.05, 0.1) is 21.3 Å². The minimum absolute atomic E-state index is 0.124. The molecule has 0 saturated carbocycles. The molecule has 3 nitrogen and oxygen atoms in total. The molecule has 2 aromatic carbocycles. The predicted molar refractivity (Wildman–Crippen MR) is 112 cm³/mol. The fourth-order valence-electron chi connectivity index (χ4n) is 2.41. The van der Waals surface area contributed by atoms with Crippen LogP contribution in [0.3, 0.4) is 0 Å². The average molecular weight is 475 g/mol. The van der Waals surface area contributed by atoms with Gasteiger partial charge in [0.1, 0.15) is 17.3 Å². The molecule has 0 saturated heterocycles. The van der Waals surface area contributed by atoms with Crippen molar-refractivity contribution in [1.82, 2.24) is 0 Å². The van der Waals surface area contributed by atoms with Crippen molar-refractivity contribution in [3.8, 4) is 16.2 Å². The molecule has 0 fully saturated rings. The number of halogens is 6. The van der Waals surface area contributed by atoms with Crippen molar-refractivity contribution >= 4 is 45.9 Å². The number of allylic oxidation sites excluding steroid dienone is 2. The number of thiophene rings is 1. The van der Waals surface area contributed by atoms with Crippen LogP contribution in [0, 0.1) is 5.82 Å². The fraction of sp³-hybridized carbons (Fsp3) is 0.0500. The predicted octanol–water partition coefficient (Wildman–Crippen LogP) is 7.09.